The molecule has 1 amide bonds. The Labute approximate surface area is 100 Å². The third-order valence-electron chi connectivity index (χ3n) is 2.98. The lowest BCUT2D eigenvalue weighted by atomic mass is 9.92. The molecule has 16 heavy (non-hydrogen) atoms. The second-order valence-electron chi connectivity index (χ2n) is 5.85. The zero-order chi connectivity index (χ0) is 12.8. The minimum atomic E-state index is -0.452. The molecule has 0 rings (SSSR count). The van der Waals surface area contributed by atoms with Gasteiger partial charge in [-0.05, 0) is 33.1 Å². The van der Waals surface area contributed by atoms with Crippen molar-refractivity contribution in [2.75, 3.05) is 6.54 Å². The molecule has 3 N–H and O–H groups in total. The van der Waals surface area contributed by atoms with Gasteiger partial charge in [-0.25, -0.2) is 0 Å². The molecule has 0 bridgehead atoms. The summed E-state index contributed by atoms with van der Waals surface area (Å²) in [5.41, 5.74) is 4.87. The van der Waals surface area contributed by atoms with E-state index in [0.29, 0.717) is 12.6 Å². The van der Waals surface area contributed by atoms with Gasteiger partial charge in [0.05, 0.1) is 5.41 Å². The first-order valence-electron chi connectivity index (χ1n) is 6.29. The van der Waals surface area contributed by atoms with Crippen molar-refractivity contribution in [2.24, 2.45) is 17.1 Å². The van der Waals surface area contributed by atoms with Crippen LogP contribution in [0.5, 0.6) is 0 Å². The number of carbonyl (C=O) groups is 1. The number of amides is 1. The number of hydrogen-bond donors (Lipinski definition) is 2. The molecule has 1 unspecified atom stereocenters. The second kappa shape index (κ2) is 6.89. The summed E-state index contributed by atoms with van der Waals surface area (Å²) in [7, 11) is 0. The molecular formula is C13H28N2O. The van der Waals surface area contributed by atoms with Crippen molar-refractivity contribution >= 4 is 5.91 Å². The standard InChI is InChI=1S/C13H28N2O/c1-10(2)7-6-8-11(3)15-9-13(4,5)12(14)16/h10-11,15H,6-9H2,1-5H3,(H2,14,16). The first kappa shape index (κ1) is 15.4. The van der Waals surface area contributed by atoms with Gasteiger partial charge in [0.15, 0.2) is 0 Å². The van der Waals surface area contributed by atoms with Crippen molar-refractivity contribution in [3.8, 4) is 0 Å². The highest BCUT2D eigenvalue weighted by Crippen LogP contribution is 2.13. The van der Waals surface area contributed by atoms with E-state index >= 15 is 0 Å². The number of nitrogens with one attached hydrogen (secondary N) is 1. The Morgan fingerprint density at radius 2 is 1.81 bits per heavy atom. The molecule has 0 spiro atoms. The number of rotatable bonds is 8. The van der Waals surface area contributed by atoms with Crippen LogP contribution in [-0.2, 0) is 4.79 Å². The number of carbonyl (C=O) groups excluding carboxylic acids is 1. The van der Waals surface area contributed by atoms with Gasteiger partial charge in [0.2, 0.25) is 5.91 Å². The zero-order valence-corrected chi connectivity index (χ0v) is 11.5. The van der Waals surface area contributed by atoms with Crippen molar-refractivity contribution in [3.05, 3.63) is 0 Å². The highest BCUT2D eigenvalue weighted by atomic mass is 16.1. The van der Waals surface area contributed by atoms with E-state index < -0.39 is 5.41 Å². The third-order valence-corrected chi connectivity index (χ3v) is 2.98. The third kappa shape index (κ3) is 6.83. The van der Waals surface area contributed by atoms with E-state index in [1.807, 2.05) is 13.8 Å². The fourth-order valence-corrected chi connectivity index (χ4v) is 1.45. The summed E-state index contributed by atoms with van der Waals surface area (Å²) >= 11 is 0. The average molecular weight is 228 g/mol. The van der Waals surface area contributed by atoms with Crippen LogP contribution in [0.1, 0.15) is 53.9 Å². The van der Waals surface area contributed by atoms with Gasteiger partial charge in [0.1, 0.15) is 0 Å². The Bertz CT molecular complexity index is 212. The highest BCUT2D eigenvalue weighted by molar-refractivity contribution is 5.80. The average Bonchev–Trinajstić information content (AvgIpc) is 2.14. The lowest BCUT2D eigenvalue weighted by molar-refractivity contribution is -0.125. The quantitative estimate of drug-likeness (QED) is 0.670. The van der Waals surface area contributed by atoms with Crippen LogP contribution in [0.15, 0.2) is 0 Å². The lowest BCUT2D eigenvalue weighted by Gasteiger charge is -2.24. The molecule has 0 aromatic heterocycles. The fraction of sp³-hybridized carbons (Fsp3) is 0.923. The molecule has 1 atom stereocenters. The largest absolute Gasteiger partial charge is 0.369 e. The summed E-state index contributed by atoms with van der Waals surface area (Å²) in [4.78, 5) is 11.1. The molecule has 96 valence electrons. The summed E-state index contributed by atoms with van der Waals surface area (Å²) in [5, 5.41) is 3.38. The predicted octanol–water partition coefficient (Wildman–Crippen LogP) is 2.30. The summed E-state index contributed by atoms with van der Waals surface area (Å²) in [6.07, 6.45) is 3.67. The Hall–Kier alpha value is -0.570. The van der Waals surface area contributed by atoms with Gasteiger partial charge in [-0.1, -0.05) is 26.7 Å². The van der Waals surface area contributed by atoms with E-state index in [9.17, 15) is 4.79 Å². The maximum absolute atomic E-state index is 11.1. The number of nitrogens with two attached hydrogens (primary N) is 1. The lowest BCUT2D eigenvalue weighted by Crippen LogP contribution is -2.43. The molecule has 0 aliphatic heterocycles. The monoisotopic (exact) mass is 228 g/mol. The van der Waals surface area contributed by atoms with Gasteiger partial charge in [-0.3, -0.25) is 4.79 Å². The molecule has 3 heteroatoms. The van der Waals surface area contributed by atoms with Crippen LogP contribution in [0.3, 0.4) is 0 Å². The van der Waals surface area contributed by atoms with Crippen LogP contribution in [0.4, 0.5) is 0 Å². The van der Waals surface area contributed by atoms with Gasteiger partial charge < -0.3 is 11.1 Å². The Balaban J connectivity index is 3.73. The molecule has 3 nitrogen and oxygen atoms in total. The molecule has 0 aliphatic carbocycles. The van der Waals surface area contributed by atoms with Gasteiger partial charge in [0.25, 0.3) is 0 Å². The van der Waals surface area contributed by atoms with Gasteiger partial charge in [0, 0.05) is 12.6 Å². The minimum Gasteiger partial charge on any atom is -0.369 e. The van der Waals surface area contributed by atoms with E-state index in [2.05, 4.69) is 26.1 Å². The van der Waals surface area contributed by atoms with Crippen molar-refractivity contribution in [1.29, 1.82) is 0 Å². The van der Waals surface area contributed by atoms with E-state index in [1.54, 1.807) is 0 Å². The maximum Gasteiger partial charge on any atom is 0.224 e. The van der Waals surface area contributed by atoms with Gasteiger partial charge in [-0.15, -0.1) is 0 Å². The molecule has 0 saturated carbocycles. The van der Waals surface area contributed by atoms with Crippen LogP contribution >= 0.6 is 0 Å². The molecular weight excluding hydrogens is 200 g/mol. The summed E-state index contributed by atoms with van der Waals surface area (Å²) < 4.78 is 0. The first-order chi connectivity index (χ1) is 7.25. The Kier molecular flexibility index (Phi) is 6.65. The van der Waals surface area contributed by atoms with Crippen molar-refractivity contribution in [1.82, 2.24) is 5.32 Å². The highest BCUT2D eigenvalue weighted by Gasteiger charge is 2.24. The van der Waals surface area contributed by atoms with E-state index in [1.165, 1.54) is 12.8 Å². The predicted molar refractivity (Wildman–Crippen MR) is 69.1 cm³/mol. The summed E-state index contributed by atoms with van der Waals surface area (Å²) in [6.45, 7) is 11.1. The SMILES string of the molecule is CC(C)CCCC(C)NCC(C)(C)C(N)=O. The number of primary amides is 1. The van der Waals surface area contributed by atoms with Gasteiger partial charge in [-0.2, -0.15) is 0 Å². The molecule has 0 aromatic carbocycles. The van der Waals surface area contributed by atoms with Crippen LogP contribution in [0.2, 0.25) is 0 Å². The molecule has 0 heterocycles. The van der Waals surface area contributed by atoms with Crippen LogP contribution in [-0.4, -0.2) is 18.5 Å². The molecule has 0 saturated heterocycles. The smallest absolute Gasteiger partial charge is 0.224 e. The molecule has 0 aromatic rings. The topological polar surface area (TPSA) is 55.1 Å². The van der Waals surface area contributed by atoms with E-state index in [-0.39, 0.29) is 5.91 Å². The van der Waals surface area contributed by atoms with Crippen molar-refractivity contribution in [2.45, 2.75) is 59.9 Å². The fourth-order valence-electron chi connectivity index (χ4n) is 1.45. The molecule has 0 aliphatic rings. The van der Waals surface area contributed by atoms with Crippen LogP contribution in [0, 0.1) is 11.3 Å². The Morgan fingerprint density at radius 3 is 2.25 bits per heavy atom. The number of hydrogen-bond acceptors (Lipinski definition) is 2. The Morgan fingerprint density at radius 1 is 1.25 bits per heavy atom. The first-order valence-corrected chi connectivity index (χ1v) is 6.29. The summed E-state index contributed by atoms with van der Waals surface area (Å²) in [5.74, 6) is 0.531. The zero-order valence-electron chi connectivity index (χ0n) is 11.5. The van der Waals surface area contributed by atoms with Crippen molar-refractivity contribution in [3.63, 3.8) is 0 Å². The molecule has 0 fully saturated rings. The maximum atomic E-state index is 11.1. The van der Waals surface area contributed by atoms with Gasteiger partial charge >= 0.3 is 0 Å². The van der Waals surface area contributed by atoms with E-state index in [4.69, 9.17) is 5.73 Å². The van der Waals surface area contributed by atoms with Crippen LogP contribution < -0.4 is 11.1 Å². The summed E-state index contributed by atoms with van der Waals surface area (Å²) in [6, 6.07) is 0.456. The second-order valence-corrected chi connectivity index (χ2v) is 5.85. The normalized spacial score (nSPS) is 14.1. The van der Waals surface area contributed by atoms with Crippen molar-refractivity contribution < 1.29 is 4.79 Å². The van der Waals surface area contributed by atoms with Crippen LogP contribution in [0.25, 0.3) is 0 Å². The molecule has 0 radical (unpaired) electrons. The minimum absolute atomic E-state index is 0.241. The van der Waals surface area contributed by atoms with E-state index in [0.717, 1.165) is 12.3 Å².